The number of rotatable bonds is 7. The van der Waals surface area contributed by atoms with E-state index in [4.69, 9.17) is 23.2 Å². The number of halogens is 2. The molecule has 0 aliphatic carbocycles. The average Bonchev–Trinajstić information content (AvgIpc) is 3.09. The molecule has 162 valence electrons. The number of carboxylic acid groups (broad SMARTS) is 1. The number of carbonyl (C=O) groups is 1. The third kappa shape index (κ3) is 5.03. The van der Waals surface area contributed by atoms with Crippen LogP contribution in [0.4, 0.5) is 0 Å². The maximum atomic E-state index is 11.4. The summed E-state index contributed by atoms with van der Waals surface area (Å²) < 4.78 is 1.48. The SMILES string of the molecule is O=C(O)c1ccccc1C(O)CCc1cccc(C=Cc2ccc3sc(Cl)c(Cl)c3n2)c1. The Kier molecular flexibility index (Phi) is 6.92. The van der Waals surface area contributed by atoms with E-state index in [-0.39, 0.29) is 5.56 Å². The maximum absolute atomic E-state index is 11.4. The van der Waals surface area contributed by atoms with Crippen LogP contribution in [0.25, 0.3) is 22.4 Å². The topological polar surface area (TPSA) is 70.4 Å². The van der Waals surface area contributed by atoms with Crippen LogP contribution in [0.2, 0.25) is 9.36 Å². The van der Waals surface area contributed by atoms with Gasteiger partial charge < -0.3 is 10.2 Å². The summed E-state index contributed by atoms with van der Waals surface area (Å²) in [6, 6.07) is 18.4. The zero-order valence-electron chi connectivity index (χ0n) is 16.8. The van der Waals surface area contributed by atoms with Crippen LogP contribution in [-0.2, 0) is 6.42 Å². The molecule has 0 saturated carbocycles. The molecule has 4 rings (SSSR count). The predicted molar refractivity (Wildman–Crippen MR) is 132 cm³/mol. The molecule has 4 nitrogen and oxygen atoms in total. The van der Waals surface area contributed by atoms with E-state index in [0.717, 1.165) is 21.5 Å². The fourth-order valence-electron chi connectivity index (χ4n) is 3.50. The first kappa shape index (κ1) is 22.5. The van der Waals surface area contributed by atoms with E-state index in [2.05, 4.69) is 4.98 Å². The van der Waals surface area contributed by atoms with Crippen LogP contribution in [0.1, 0.15) is 45.3 Å². The van der Waals surface area contributed by atoms with Crippen LogP contribution in [0.15, 0.2) is 60.7 Å². The number of aromatic carboxylic acids is 1. The minimum atomic E-state index is -1.04. The molecule has 0 aliphatic rings. The van der Waals surface area contributed by atoms with Crippen molar-refractivity contribution >= 4 is 62.9 Å². The van der Waals surface area contributed by atoms with E-state index < -0.39 is 12.1 Å². The highest BCUT2D eigenvalue weighted by molar-refractivity contribution is 7.23. The van der Waals surface area contributed by atoms with Crippen LogP contribution >= 0.6 is 34.5 Å². The van der Waals surface area contributed by atoms with Gasteiger partial charge in [0.25, 0.3) is 0 Å². The highest BCUT2D eigenvalue weighted by Crippen LogP contribution is 2.37. The Hall–Kier alpha value is -2.70. The van der Waals surface area contributed by atoms with Crippen LogP contribution in [0.5, 0.6) is 0 Å². The second-order valence-corrected chi connectivity index (χ2v) is 9.33. The highest BCUT2D eigenvalue weighted by atomic mass is 35.5. The van der Waals surface area contributed by atoms with Crippen LogP contribution in [0, 0.1) is 0 Å². The number of hydrogen-bond donors (Lipinski definition) is 2. The van der Waals surface area contributed by atoms with Crippen LogP contribution in [0.3, 0.4) is 0 Å². The van der Waals surface area contributed by atoms with Gasteiger partial charge in [-0.15, -0.1) is 11.3 Å². The summed E-state index contributed by atoms with van der Waals surface area (Å²) >= 11 is 13.7. The summed E-state index contributed by atoms with van der Waals surface area (Å²) in [5.74, 6) is -1.04. The molecule has 7 heteroatoms. The van der Waals surface area contributed by atoms with Gasteiger partial charge in [0.1, 0.15) is 9.85 Å². The van der Waals surface area contributed by atoms with Crippen LogP contribution < -0.4 is 0 Å². The highest BCUT2D eigenvalue weighted by Gasteiger charge is 2.16. The zero-order valence-corrected chi connectivity index (χ0v) is 19.2. The van der Waals surface area contributed by atoms with Gasteiger partial charge in [-0.25, -0.2) is 9.78 Å². The lowest BCUT2D eigenvalue weighted by atomic mass is 9.96. The molecular formula is C25H19Cl2NO3S. The number of hydrogen-bond acceptors (Lipinski definition) is 4. The number of nitrogens with zero attached hydrogens (tertiary/aromatic N) is 1. The van der Waals surface area contributed by atoms with E-state index in [1.807, 2.05) is 48.6 Å². The quantitative estimate of drug-likeness (QED) is 0.293. The second kappa shape index (κ2) is 9.84. The second-order valence-electron chi connectivity index (χ2n) is 7.30. The van der Waals surface area contributed by atoms with E-state index in [1.165, 1.54) is 17.4 Å². The van der Waals surface area contributed by atoms with Crippen molar-refractivity contribution < 1.29 is 15.0 Å². The molecule has 0 saturated heterocycles. The van der Waals surface area contributed by atoms with Crippen molar-refractivity contribution in [3.8, 4) is 0 Å². The third-order valence-electron chi connectivity index (χ3n) is 5.11. The Morgan fingerprint density at radius 2 is 1.88 bits per heavy atom. The van der Waals surface area contributed by atoms with E-state index >= 15 is 0 Å². The number of fused-ring (bicyclic) bond motifs is 1. The molecular weight excluding hydrogens is 465 g/mol. The first-order chi connectivity index (χ1) is 15.4. The summed E-state index contributed by atoms with van der Waals surface area (Å²) in [5, 5.41) is 20.3. The van der Waals surface area contributed by atoms with Crippen molar-refractivity contribution in [3.05, 3.63) is 98.0 Å². The molecule has 0 aliphatic heterocycles. The summed E-state index contributed by atoms with van der Waals surface area (Å²) in [5.41, 5.74) is 4.10. The molecule has 2 aromatic carbocycles. The van der Waals surface area contributed by atoms with Gasteiger partial charge in [0.2, 0.25) is 0 Å². The van der Waals surface area contributed by atoms with E-state index in [0.29, 0.717) is 33.3 Å². The lowest BCUT2D eigenvalue weighted by Crippen LogP contribution is -2.08. The molecule has 1 unspecified atom stereocenters. The molecule has 2 N–H and O–H groups in total. The molecule has 0 fully saturated rings. The number of aromatic nitrogens is 1. The van der Waals surface area contributed by atoms with Gasteiger partial charge in [-0.2, -0.15) is 0 Å². The van der Waals surface area contributed by atoms with Crippen molar-refractivity contribution in [2.24, 2.45) is 0 Å². The lowest BCUT2D eigenvalue weighted by Gasteiger charge is -2.13. The fraction of sp³-hybridized carbons (Fsp3) is 0.120. The largest absolute Gasteiger partial charge is 0.478 e. The summed E-state index contributed by atoms with van der Waals surface area (Å²) in [7, 11) is 0. The van der Waals surface area contributed by atoms with Crippen molar-refractivity contribution in [1.82, 2.24) is 4.98 Å². The Bertz CT molecular complexity index is 1320. The molecule has 0 spiro atoms. The van der Waals surface area contributed by atoms with Gasteiger partial charge in [0, 0.05) is 0 Å². The molecule has 2 aromatic heterocycles. The van der Waals surface area contributed by atoms with Gasteiger partial charge in [0.15, 0.2) is 0 Å². The normalized spacial score (nSPS) is 12.5. The van der Waals surface area contributed by atoms with Gasteiger partial charge in [-0.05, 0) is 53.8 Å². The summed E-state index contributed by atoms with van der Waals surface area (Å²) in [4.78, 5) is 16.0. The maximum Gasteiger partial charge on any atom is 0.336 e. The number of aliphatic hydroxyl groups is 1. The average molecular weight is 484 g/mol. The Morgan fingerprint density at radius 1 is 1.06 bits per heavy atom. The summed E-state index contributed by atoms with van der Waals surface area (Å²) in [6.45, 7) is 0. The number of carboxylic acids is 1. The Morgan fingerprint density at radius 3 is 2.69 bits per heavy atom. The number of benzene rings is 2. The molecule has 0 radical (unpaired) electrons. The van der Waals surface area contributed by atoms with Crippen molar-refractivity contribution in [2.75, 3.05) is 0 Å². The number of pyridine rings is 1. The third-order valence-corrected chi connectivity index (χ3v) is 7.04. The van der Waals surface area contributed by atoms with E-state index in [9.17, 15) is 15.0 Å². The Labute approximate surface area is 199 Å². The van der Waals surface area contributed by atoms with Crippen LogP contribution in [-0.4, -0.2) is 21.2 Å². The number of thiophene rings is 1. The first-order valence-corrected chi connectivity index (χ1v) is 11.5. The zero-order chi connectivity index (χ0) is 22.7. The number of aryl methyl sites for hydroxylation is 1. The predicted octanol–water partition coefficient (Wildman–Crippen LogP) is 7.14. The number of aliphatic hydroxyl groups excluding tert-OH is 1. The minimum Gasteiger partial charge on any atom is -0.478 e. The molecule has 1 atom stereocenters. The monoisotopic (exact) mass is 483 g/mol. The van der Waals surface area contributed by atoms with Gasteiger partial charge in [-0.3, -0.25) is 0 Å². The molecule has 2 heterocycles. The Balaban J connectivity index is 1.46. The van der Waals surface area contributed by atoms with Gasteiger partial charge >= 0.3 is 5.97 Å². The molecule has 32 heavy (non-hydrogen) atoms. The molecule has 0 amide bonds. The minimum absolute atomic E-state index is 0.133. The molecule has 4 aromatic rings. The first-order valence-electron chi connectivity index (χ1n) is 9.94. The van der Waals surface area contributed by atoms with E-state index in [1.54, 1.807) is 18.2 Å². The van der Waals surface area contributed by atoms with Crippen molar-refractivity contribution in [1.29, 1.82) is 0 Å². The molecule has 0 bridgehead atoms. The lowest BCUT2D eigenvalue weighted by molar-refractivity contribution is 0.0688. The standard InChI is InChI=1S/C25H19Cl2NO3S/c26-22-23-21(32-24(22)27)13-11-17(28-23)10-8-15-4-3-5-16(14-15)9-12-20(29)18-6-1-2-7-19(18)25(30)31/h1-8,10-11,13-14,20,29H,9,12H2,(H,30,31). The van der Waals surface area contributed by atoms with Gasteiger partial charge in [-0.1, -0.05) is 71.7 Å². The van der Waals surface area contributed by atoms with Crippen molar-refractivity contribution in [3.63, 3.8) is 0 Å². The summed E-state index contributed by atoms with van der Waals surface area (Å²) in [6.07, 6.45) is 4.07. The van der Waals surface area contributed by atoms with Crippen molar-refractivity contribution in [2.45, 2.75) is 18.9 Å². The fourth-order valence-corrected chi connectivity index (χ4v) is 4.92. The smallest absolute Gasteiger partial charge is 0.336 e. The van der Waals surface area contributed by atoms with Gasteiger partial charge in [0.05, 0.1) is 27.1 Å².